The van der Waals surface area contributed by atoms with Gasteiger partial charge in [0, 0.05) is 51.9 Å². The van der Waals surface area contributed by atoms with Crippen LogP contribution in [0.4, 0.5) is 9.59 Å². The minimum Gasteiger partial charge on any atom is -0.506 e. The highest BCUT2D eigenvalue weighted by Gasteiger charge is 2.39. The van der Waals surface area contributed by atoms with Gasteiger partial charge in [0.05, 0.1) is 36.1 Å². The molecule has 400 valence electrons. The molecule has 4 aromatic rings. The van der Waals surface area contributed by atoms with Crippen LogP contribution in [0.5, 0.6) is 40.6 Å². The van der Waals surface area contributed by atoms with Gasteiger partial charge in [-0.15, -0.1) is 0 Å². The molecule has 2 amide bonds. The molecular formula is C48H65ClN8O14S2. The number of carbonyl (C=O) groups excluding carboxylic acids is 2. The van der Waals surface area contributed by atoms with Crippen molar-refractivity contribution >= 4 is 43.5 Å². The quantitative estimate of drug-likeness (QED) is 0.133. The normalized spacial score (nSPS) is 16.7. The van der Waals surface area contributed by atoms with Gasteiger partial charge >= 0.3 is 12.2 Å². The van der Waals surface area contributed by atoms with Crippen molar-refractivity contribution in [2.75, 3.05) is 40.4 Å². The Kier molecular flexibility index (Phi) is 18.1. The van der Waals surface area contributed by atoms with Gasteiger partial charge in [-0.05, 0) is 105 Å². The maximum atomic E-state index is 12.5. The van der Waals surface area contributed by atoms with E-state index in [1.165, 1.54) is 45.1 Å². The van der Waals surface area contributed by atoms with Crippen LogP contribution in [-0.2, 0) is 29.1 Å². The Bertz CT molecular complexity index is 2810. The van der Waals surface area contributed by atoms with E-state index in [4.69, 9.17) is 44.8 Å². The molecule has 8 rings (SSSR count). The molecule has 22 nitrogen and oxygen atoms in total. The largest absolute Gasteiger partial charge is 0.506 e. The van der Waals surface area contributed by atoms with Crippen LogP contribution in [0.1, 0.15) is 104 Å². The van der Waals surface area contributed by atoms with Crippen LogP contribution in [-0.4, -0.2) is 148 Å². The molecule has 4 aromatic heterocycles. The molecule has 0 aromatic carbocycles. The number of hydrogen-bond donors (Lipinski definition) is 1. The highest BCUT2D eigenvalue weighted by atomic mass is 35.5. The van der Waals surface area contributed by atoms with Crippen LogP contribution in [0.3, 0.4) is 0 Å². The smallest absolute Gasteiger partial charge is 0.410 e. The molecule has 73 heavy (non-hydrogen) atoms. The fourth-order valence-corrected chi connectivity index (χ4v) is 10.7. The van der Waals surface area contributed by atoms with Crippen molar-refractivity contribution in [3.8, 4) is 40.6 Å². The second kappa shape index (κ2) is 23.5. The Morgan fingerprint density at radius 1 is 0.603 bits per heavy atom. The molecule has 2 saturated carbocycles. The number of piperidine rings is 2. The summed E-state index contributed by atoms with van der Waals surface area (Å²) in [6, 6.07) is 5.74. The highest BCUT2D eigenvalue weighted by molar-refractivity contribution is 7.92. The summed E-state index contributed by atoms with van der Waals surface area (Å²) >= 11 is 5.95. The van der Waals surface area contributed by atoms with E-state index in [2.05, 4.69) is 29.9 Å². The van der Waals surface area contributed by atoms with Crippen molar-refractivity contribution in [3.63, 3.8) is 0 Å². The standard InChI is InChI=1S/C24H32N4O7S.C15H22ClN3O4.C9H11NO3S/c1-15-18(8-9-19(27-15)36(30,31)17-6-7-17)34-22-20(32-5)21(25-14-26-22)33-16-10-12-28(13-11-16)23(29)35-24(2,3)4;1-15(2,3)23-14(20)19-7-5-10(6-8-19)22-13-11(21-4)12(16)17-9-18-13;1-6-8(11)4-5-9(10-6)14(12,13)7-2-3-7/h8-9,14,16-17H,6-7,10-13H2,1-5H3;9-10H,5-8H2,1-4H3;4-5,7,11H,2-3H2,1H3. The van der Waals surface area contributed by atoms with Crippen molar-refractivity contribution in [2.45, 2.75) is 151 Å². The number of sulfone groups is 2. The third-order valence-corrected chi connectivity index (χ3v) is 16.0. The fraction of sp³-hybridized carbons (Fsp3) is 0.583. The van der Waals surface area contributed by atoms with Gasteiger partial charge in [0.2, 0.25) is 11.5 Å². The van der Waals surface area contributed by atoms with Gasteiger partial charge in [0.15, 0.2) is 40.6 Å². The number of halogens is 1. The maximum Gasteiger partial charge on any atom is 0.410 e. The average molecular weight is 1080 g/mol. The number of carbonyl (C=O) groups is 2. The number of nitrogens with zero attached hydrogens (tertiary/aromatic N) is 8. The van der Waals surface area contributed by atoms with Gasteiger partial charge in [0.25, 0.3) is 17.6 Å². The van der Waals surface area contributed by atoms with E-state index >= 15 is 0 Å². The van der Waals surface area contributed by atoms with Gasteiger partial charge < -0.3 is 48.1 Å². The van der Waals surface area contributed by atoms with E-state index in [1.807, 2.05) is 41.5 Å². The molecule has 25 heteroatoms. The van der Waals surface area contributed by atoms with Crippen LogP contribution in [0, 0.1) is 13.8 Å². The summed E-state index contributed by atoms with van der Waals surface area (Å²) in [4.78, 5) is 52.1. The lowest BCUT2D eigenvalue weighted by Gasteiger charge is -2.33. The predicted octanol–water partition coefficient (Wildman–Crippen LogP) is 7.64. The van der Waals surface area contributed by atoms with Crippen molar-refractivity contribution < 1.29 is 64.7 Å². The first kappa shape index (κ1) is 56.3. The van der Waals surface area contributed by atoms with Gasteiger partial charge in [-0.25, -0.2) is 41.4 Å². The van der Waals surface area contributed by atoms with E-state index in [1.54, 1.807) is 29.7 Å². The monoisotopic (exact) mass is 1080 g/mol. The summed E-state index contributed by atoms with van der Waals surface area (Å²) in [5.41, 5.74) is -0.272. The molecule has 0 radical (unpaired) electrons. The lowest BCUT2D eigenvalue weighted by Crippen LogP contribution is -2.44. The van der Waals surface area contributed by atoms with E-state index in [-0.39, 0.29) is 73.4 Å². The van der Waals surface area contributed by atoms with E-state index < -0.39 is 30.9 Å². The minimum absolute atomic E-state index is 0.0275. The summed E-state index contributed by atoms with van der Waals surface area (Å²) < 4.78 is 87.7. The zero-order valence-corrected chi connectivity index (χ0v) is 45.2. The number of pyridine rings is 2. The number of methoxy groups -OCH3 is 2. The molecular weight excluding hydrogens is 1010 g/mol. The lowest BCUT2D eigenvalue weighted by molar-refractivity contribution is 0.0109. The van der Waals surface area contributed by atoms with Crippen molar-refractivity contribution in [3.05, 3.63) is 53.5 Å². The van der Waals surface area contributed by atoms with Crippen molar-refractivity contribution in [2.24, 2.45) is 0 Å². The molecule has 0 spiro atoms. The van der Waals surface area contributed by atoms with Gasteiger partial charge in [-0.3, -0.25) is 0 Å². The molecule has 0 atom stereocenters. The Morgan fingerprint density at radius 3 is 1.42 bits per heavy atom. The number of likely N-dealkylation sites (tertiary alicyclic amines) is 2. The van der Waals surface area contributed by atoms with Crippen molar-refractivity contribution in [1.29, 1.82) is 0 Å². The number of aromatic hydroxyl groups is 1. The minimum atomic E-state index is -3.40. The molecule has 6 heterocycles. The van der Waals surface area contributed by atoms with Crippen LogP contribution < -0.4 is 23.7 Å². The first-order valence-electron chi connectivity index (χ1n) is 23.8. The Balaban J connectivity index is 0.000000199. The fourth-order valence-electron chi connectivity index (χ4n) is 7.23. The third kappa shape index (κ3) is 15.5. The second-order valence-corrected chi connectivity index (χ2v) is 24.4. The Labute approximate surface area is 431 Å². The average Bonchev–Trinajstić information content (AvgIpc) is 4.25. The van der Waals surface area contributed by atoms with Crippen LogP contribution in [0.15, 0.2) is 47.0 Å². The number of aryl methyl sites for hydroxylation is 2. The summed E-state index contributed by atoms with van der Waals surface area (Å²) in [7, 11) is -3.68. The first-order chi connectivity index (χ1) is 34.3. The number of aromatic nitrogens is 6. The number of ether oxygens (including phenoxy) is 7. The molecule has 2 aliphatic carbocycles. The van der Waals surface area contributed by atoms with Gasteiger partial charge in [-0.2, -0.15) is 15.0 Å². The van der Waals surface area contributed by atoms with Gasteiger partial charge in [0.1, 0.15) is 41.8 Å². The SMILES string of the molecule is COc1c(Cl)ncnc1OC1CCN(C(=O)OC(C)(C)C)CC1.COc1c(Oc2ccc(S(=O)(=O)C3CC3)nc2C)ncnc1OC1CCN(C(=O)OC(C)(C)C)CC1.Cc1nc(S(=O)(=O)C2CC2)ccc1O. The highest BCUT2D eigenvalue weighted by Crippen LogP contribution is 2.39. The summed E-state index contributed by atoms with van der Waals surface area (Å²) in [6.45, 7) is 16.5. The van der Waals surface area contributed by atoms with Gasteiger partial charge in [-0.1, -0.05) is 11.6 Å². The van der Waals surface area contributed by atoms with Crippen LogP contribution in [0.25, 0.3) is 0 Å². The lowest BCUT2D eigenvalue weighted by atomic mass is 10.1. The summed E-state index contributed by atoms with van der Waals surface area (Å²) in [5.74, 6) is 1.57. The molecule has 0 unspecified atom stereocenters. The third-order valence-electron chi connectivity index (χ3n) is 11.4. The van der Waals surface area contributed by atoms with Crippen molar-refractivity contribution in [1.82, 2.24) is 39.7 Å². The summed E-state index contributed by atoms with van der Waals surface area (Å²) in [5, 5.41) is 8.95. The number of amides is 2. The van der Waals surface area contributed by atoms with Crippen LogP contribution in [0.2, 0.25) is 5.15 Å². The van der Waals surface area contributed by atoms with E-state index in [0.29, 0.717) is 93.5 Å². The second-order valence-electron chi connectivity index (χ2n) is 19.7. The molecule has 4 fully saturated rings. The van der Waals surface area contributed by atoms with E-state index in [0.717, 1.165) is 12.8 Å². The van der Waals surface area contributed by atoms with Crippen LogP contribution >= 0.6 is 11.6 Å². The topological polar surface area (TPSA) is 271 Å². The molecule has 1 N–H and O–H groups in total. The molecule has 4 aliphatic rings. The molecule has 2 aliphatic heterocycles. The Morgan fingerprint density at radius 2 is 1.01 bits per heavy atom. The Hall–Kier alpha value is -6.01. The molecule has 0 bridgehead atoms. The summed E-state index contributed by atoms with van der Waals surface area (Å²) in [6.07, 6.45) is 7.12. The zero-order valence-electron chi connectivity index (χ0n) is 42.8. The number of rotatable bonds is 12. The maximum absolute atomic E-state index is 12.5. The zero-order chi connectivity index (χ0) is 53.5. The van der Waals surface area contributed by atoms with E-state index in [9.17, 15) is 31.5 Å². The molecule has 2 saturated heterocycles. The first-order valence-corrected chi connectivity index (χ1v) is 27.3. The predicted molar refractivity (Wildman–Crippen MR) is 265 cm³/mol. The number of hydrogen-bond acceptors (Lipinski definition) is 20.